The van der Waals surface area contributed by atoms with Crippen LogP contribution in [0.2, 0.25) is 0 Å². The monoisotopic (exact) mass is 216 g/mol. The van der Waals surface area contributed by atoms with E-state index in [1.165, 1.54) is 6.92 Å². The van der Waals surface area contributed by atoms with E-state index in [-0.39, 0.29) is 46.5 Å². The third kappa shape index (κ3) is 3.11. The van der Waals surface area contributed by atoms with Gasteiger partial charge in [-0.15, -0.1) is 0 Å². The zero-order chi connectivity index (χ0) is 9.94. The molecule has 0 aromatic rings. The first-order chi connectivity index (χ1) is 5.37. The van der Waals surface area contributed by atoms with Crippen molar-refractivity contribution in [2.45, 2.75) is 27.2 Å². The van der Waals surface area contributed by atoms with Gasteiger partial charge in [0, 0.05) is 0 Å². The van der Waals surface area contributed by atoms with Crippen molar-refractivity contribution in [2.75, 3.05) is 0 Å². The fraction of sp³-hybridized carbons (Fsp3) is 0.750. The van der Waals surface area contributed by atoms with Crippen molar-refractivity contribution in [3.63, 3.8) is 0 Å². The molecule has 0 saturated carbocycles. The van der Waals surface area contributed by atoms with E-state index in [1.807, 2.05) is 0 Å². The van der Waals surface area contributed by atoms with Crippen LogP contribution in [0.5, 0.6) is 0 Å². The molecule has 0 saturated heterocycles. The van der Waals surface area contributed by atoms with Gasteiger partial charge in [0.1, 0.15) is 0 Å². The molecule has 0 aliphatic carbocycles. The van der Waals surface area contributed by atoms with Crippen molar-refractivity contribution in [1.82, 2.24) is 0 Å². The van der Waals surface area contributed by atoms with E-state index in [4.69, 9.17) is 10.2 Å². The maximum Gasteiger partial charge on any atom is 2.00 e. The van der Waals surface area contributed by atoms with Crippen molar-refractivity contribution < 1.29 is 22.7 Å². The minimum atomic E-state index is -1.66. The quantitative estimate of drug-likeness (QED) is 0.544. The van der Waals surface area contributed by atoms with Gasteiger partial charge in [0.2, 0.25) is 0 Å². The van der Waals surface area contributed by atoms with Crippen molar-refractivity contribution >= 4 is 49.7 Å². The summed E-state index contributed by atoms with van der Waals surface area (Å²) < 4.78 is 0. The van der Waals surface area contributed by atoms with E-state index in [9.17, 15) is 9.59 Å². The van der Waals surface area contributed by atoms with Gasteiger partial charge in [0.25, 0.3) is 0 Å². The normalized spacial score (nSPS) is 12.8. The fourth-order valence-electron chi connectivity index (χ4n) is 0.921. The van der Waals surface area contributed by atoms with Crippen LogP contribution in [0.3, 0.4) is 0 Å². The molecule has 0 rings (SSSR count). The summed E-state index contributed by atoms with van der Waals surface area (Å²) in [5.41, 5.74) is -1.66. The Kier molecular flexibility index (Phi) is 7.03. The van der Waals surface area contributed by atoms with E-state index in [1.54, 1.807) is 13.8 Å². The number of rotatable bonds is 4. The van der Waals surface area contributed by atoms with Crippen molar-refractivity contribution in [2.24, 2.45) is 11.3 Å². The summed E-state index contributed by atoms with van der Waals surface area (Å²) in [5.74, 6) is -2.92. The number of hydrogen-bond donors (Lipinski definition) is 2. The van der Waals surface area contributed by atoms with E-state index in [0.717, 1.165) is 0 Å². The van der Waals surface area contributed by atoms with Gasteiger partial charge in [-0.05, 0) is 12.8 Å². The first kappa shape index (κ1) is 15.7. The molecule has 0 heterocycles. The van der Waals surface area contributed by atoms with Gasteiger partial charge in [0.05, 0.1) is 0 Å². The Morgan fingerprint density at radius 1 is 1.38 bits per heavy atom. The van der Waals surface area contributed by atoms with Crippen LogP contribution in [-0.2, 0) is 9.59 Å². The predicted octanol–water partition coefficient (Wildman–Crippen LogP) is 1.05. The molecule has 0 aromatic heterocycles. The van der Waals surface area contributed by atoms with Gasteiger partial charge in [-0.1, -0.05) is 20.3 Å². The third-order valence-electron chi connectivity index (χ3n) is 2.49. The number of carboxylic acid groups (broad SMARTS) is 2. The zero-order valence-electron chi connectivity index (χ0n) is 10.2. The van der Waals surface area contributed by atoms with Crippen LogP contribution < -0.4 is 0 Å². The van der Waals surface area contributed by atoms with Gasteiger partial charge in [-0.2, -0.15) is 0 Å². The Labute approximate surface area is 110 Å². The van der Waals surface area contributed by atoms with Crippen molar-refractivity contribution in [3.8, 4) is 0 Å². The molecule has 0 fully saturated rings. The van der Waals surface area contributed by atoms with Crippen molar-refractivity contribution in [3.05, 3.63) is 0 Å². The van der Waals surface area contributed by atoms with Crippen LogP contribution in [-0.4, -0.2) is 59.9 Å². The summed E-state index contributed by atoms with van der Waals surface area (Å²) in [6.07, 6.45) is 0.537. The minimum Gasteiger partial charge on any atom is -1.00 e. The molecular formula is C8H16CaO4. The van der Waals surface area contributed by atoms with E-state index in [2.05, 4.69) is 0 Å². The van der Waals surface area contributed by atoms with E-state index in [0.29, 0.717) is 6.42 Å². The molecule has 0 radical (unpaired) electrons. The summed E-state index contributed by atoms with van der Waals surface area (Å²) in [5, 5.41) is 17.4. The molecular weight excluding hydrogens is 200 g/mol. The molecule has 0 aromatic carbocycles. The second-order valence-electron chi connectivity index (χ2n) is 3.12. The molecule has 2 N–H and O–H groups in total. The molecule has 1 unspecified atom stereocenters. The second-order valence-corrected chi connectivity index (χ2v) is 3.12. The largest absolute Gasteiger partial charge is 2.00 e. The van der Waals surface area contributed by atoms with Crippen LogP contribution in [0.15, 0.2) is 0 Å². The third-order valence-corrected chi connectivity index (χ3v) is 2.49. The summed E-state index contributed by atoms with van der Waals surface area (Å²) in [6, 6.07) is 0. The number of aliphatic carboxylic acids is 2. The minimum absolute atomic E-state index is 0. The summed E-state index contributed by atoms with van der Waals surface area (Å²) in [4.78, 5) is 21.4. The molecule has 0 bridgehead atoms. The molecule has 4 nitrogen and oxygen atoms in total. The fourth-order valence-corrected chi connectivity index (χ4v) is 0.921. The molecule has 0 spiro atoms. The van der Waals surface area contributed by atoms with Crippen LogP contribution in [0.25, 0.3) is 0 Å². The van der Waals surface area contributed by atoms with Crippen LogP contribution in [0.4, 0.5) is 0 Å². The zero-order valence-corrected chi connectivity index (χ0v) is 10.4. The Hall–Kier alpha value is 0.200. The standard InChI is InChI=1S/C8H14O4.Ca.2H/c1-4-5(2)8(3,6(9)10)7(11)12;;;/h5H,4H2,1-3H3,(H,9,10)(H,11,12);;;/q;+2;2*-1. The van der Waals surface area contributed by atoms with Gasteiger partial charge in [-0.3, -0.25) is 9.59 Å². The molecule has 1 atom stereocenters. The SMILES string of the molecule is CCC(C)C(C)(C(=O)O)C(=O)O.[Ca+2].[H-].[H-]. The first-order valence-electron chi connectivity index (χ1n) is 3.84. The van der Waals surface area contributed by atoms with Gasteiger partial charge in [-0.25, -0.2) is 0 Å². The van der Waals surface area contributed by atoms with E-state index >= 15 is 0 Å². The first-order valence-corrected chi connectivity index (χ1v) is 3.84. The Balaban J connectivity index is -0.000000202. The maximum absolute atomic E-state index is 10.7. The molecule has 5 heteroatoms. The Morgan fingerprint density at radius 2 is 1.69 bits per heavy atom. The molecule has 13 heavy (non-hydrogen) atoms. The number of hydrogen-bond acceptors (Lipinski definition) is 2. The second kappa shape index (κ2) is 5.83. The van der Waals surface area contributed by atoms with Gasteiger partial charge < -0.3 is 13.1 Å². The van der Waals surface area contributed by atoms with Crippen molar-refractivity contribution in [1.29, 1.82) is 0 Å². The van der Waals surface area contributed by atoms with Crippen LogP contribution in [0, 0.1) is 11.3 Å². The molecule has 74 valence electrons. The van der Waals surface area contributed by atoms with Crippen LogP contribution >= 0.6 is 0 Å². The molecule has 0 amide bonds. The predicted molar refractivity (Wildman–Crippen MR) is 50.8 cm³/mol. The Bertz CT molecular complexity index is 197. The van der Waals surface area contributed by atoms with Crippen LogP contribution in [0.1, 0.15) is 30.0 Å². The van der Waals surface area contributed by atoms with Gasteiger partial charge >= 0.3 is 49.7 Å². The van der Waals surface area contributed by atoms with E-state index < -0.39 is 17.4 Å². The number of carbonyl (C=O) groups is 2. The van der Waals surface area contributed by atoms with Gasteiger partial charge in [0.15, 0.2) is 5.41 Å². The summed E-state index contributed by atoms with van der Waals surface area (Å²) in [6.45, 7) is 4.64. The molecule has 0 aliphatic rings. The average molecular weight is 216 g/mol. The smallest absolute Gasteiger partial charge is 1.00 e. The topological polar surface area (TPSA) is 74.6 Å². The number of carboxylic acids is 2. The molecule has 0 aliphatic heterocycles. The summed E-state index contributed by atoms with van der Waals surface area (Å²) in [7, 11) is 0. The Morgan fingerprint density at radius 3 is 1.77 bits per heavy atom. The maximum atomic E-state index is 10.7. The average Bonchev–Trinajstić information content (AvgIpc) is 2.00. The summed E-state index contributed by atoms with van der Waals surface area (Å²) >= 11 is 0.